The SMILES string of the molecule is O=NCc1ccc(I)cc1. The highest BCUT2D eigenvalue weighted by atomic mass is 127. The van der Waals surface area contributed by atoms with Crippen LogP contribution in [0, 0.1) is 8.48 Å². The zero-order chi connectivity index (χ0) is 7.40. The average Bonchev–Trinajstić information content (AvgIpc) is 1.95. The van der Waals surface area contributed by atoms with E-state index in [0.29, 0.717) is 0 Å². The van der Waals surface area contributed by atoms with Crippen LogP contribution in [0.5, 0.6) is 0 Å². The van der Waals surface area contributed by atoms with Crippen molar-refractivity contribution in [2.45, 2.75) is 6.54 Å². The predicted molar refractivity (Wildman–Crippen MR) is 48.7 cm³/mol. The summed E-state index contributed by atoms with van der Waals surface area (Å²) in [5.41, 5.74) is 0.968. The van der Waals surface area contributed by atoms with E-state index in [2.05, 4.69) is 27.8 Å². The third-order valence-corrected chi connectivity index (χ3v) is 1.88. The number of rotatable bonds is 2. The third kappa shape index (κ3) is 2.06. The summed E-state index contributed by atoms with van der Waals surface area (Å²) in [6.45, 7) is 0.275. The Morgan fingerprint density at radius 2 is 1.90 bits per heavy atom. The van der Waals surface area contributed by atoms with E-state index in [-0.39, 0.29) is 6.54 Å². The van der Waals surface area contributed by atoms with Crippen molar-refractivity contribution >= 4 is 22.6 Å². The molecule has 1 rings (SSSR count). The first-order chi connectivity index (χ1) is 4.83. The van der Waals surface area contributed by atoms with Crippen molar-refractivity contribution in [2.24, 2.45) is 5.18 Å². The van der Waals surface area contributed by atoms with Crippen LogP contribution in [0.1, 0.15) is 5.56 Å². The molecule has 0 heterocycles. The Bertz CT molecular complexity index is 220. The molecule has 0 unspecified atom stereocenters. The fourth-order valence-corrected chi connectivity index (χ4v) is 1.02. The second-order valence-electron chi connectivity index (χ2n) is 1.91. The number of nitroso groups, excluding NO2 is 1. The summed E-state index contributed by atoms with van der Waals surface area (Å²) in [4.78, 5) is 9.81. The van der Waals surface area contributed by atoms with Crippen LogP contribution in [0.2, 0.25) is 0 Å². The highest BCUT2D eigenvalue weighted by Crippen LogP contribution is 2.06. The van der Waals surface area contributed by atoms with Crippen LogP contribution in [0.25, 0.3) is 0 Å². The van der Waals surface area contributed by atoms with E-state index in [9.17, 15) is 4.91 Å². The molecule has 0 fully saturated rings. The standard InChI is InChI=1S/C7H6INO/c8-7-3-1-6(2-4-7)5-9-10/h1-4H,5H2. The Kier molecular flexibility index (Phi) is 2.80. The van der Waals surface area contributed by atoms with Gasteiger partial charge in [0.25, 0.3) is 0 Å². The molecule has 0 aliphatic carbocycles. The molecule has 10 heavy (non-hydrogen) atoms. The lowest BCUT2D eigenvalue weighted by Gasteiger charge is -1.92. The highest BCUT2D eigenvalue weighted by molar-refractivity contribution is 14.1. The number of nitrogens with zero attached hydrogens (tertiary/aromatic N) is 1. The Hall–Kier alpha value is -0.450. The van der Waals surface area contributed by atoms with Crippen molar-refractivity contribution in [3.8, 4) is 0 Å². The topological polar surface area (TPSA) is 29.4 Å². The maximum atomic E-state index is 9.81. The van der Waals surface area contributed by atoms with Gasteiger partial charge in [0.1, 0.15) is 6.54 Å². The van der Waals surface area contributed by atoms with Crippen LogP contribution in [0.3, 0.4) is 0 Å². The lowest BCUT2D eigenvalue weighted by Crippen LogP contribution is -1.78. The second kappa shape index (κ2) is 3.65. The van der Waals surface area contributed by atoms with Gasteiger partial charge in [-0.1, -0.05) is 17.3 Å². The average molecular weight is 247 g/mol. The first-order valence-corrected chi connectivity index (χ1v) is 3.94. The minimum atomic E-state index is 0.275. The quantitative estimate of drug-likeness (QED) is 0.583. The molecule has 2 nitrogen and oxygen atoms in total. The minimum Gasteiger partial charge on any atom is -0.150 e. The fraction of sp³-hybridized carbons (Fsp3) is 0.143. The molecule has 0 saturated heterocycles. The smallest absolute Gasteiger partial charge is 0.106 e. The van der Waals surface area contributed by atoms with Crippen molar-refractivity contribution < 1.29 is 0 Å². The molecule has 0 amide bonds. The molecule has 0 N–H and O–H groups in total. The lowest BCUT2D eigenvalue weighted by atomic mass is 10.2. The Morgan fingerprint density at radius 3 is 2.40 bits per heavy atom. The number of hydrogen-bond donors (Lipinski definition) is 0. The summed E-state index contributed by atoms with van der Waals surface area (Å²) in [5.74, 6) is 0. The summed E-state index contributed by atoms with van der Waals surface area (Å²) in [5, 5.41) is 2.78. The second-order valence-corrected chi connectivity index (χ2v) is 3.16. The van der Waals surface area contributed by atoms with E-state index in [0.717, 1.165) is 5.56 Å². The number of halogens is 1. The van der Waals surface area contributed by atoms with Crippen LogP contribution in [0.15, 0.2) is 29.4 Å². The molecule has 0 bridgehead atoms. The van der Waals surface area contributed by atoms with E-state index >= 15 is 0 Å². The summed E-state index contributed by atoms with van der Waals surface area (Å²) in [6, 6.07) is 7.73. The van der Waals surface area contributed by atoms with Gasteiger partial charge in [-0.25, -0.2) is 0 Å². The molecule has 3 heteroatoms. The molecule has 0 aliphatic heterocycles. The van der Waals surface area contributed by atoms with Gasteiger partial charge in [-0.2, -0.15) is 4.91 Å². The van der Waals surface area contributed by atoms with Crippen molar-refractivity contribution in [1.82, 2.24) is 0 Å². The van der Waals surface area contributed by atoms with Crippen molar-refractivity contribution in [3.05, 3.63) is 38.3 Å². The zero-order valence-corrected chi connectivity index (χ0v) is 7.41. The molecule has 0 saturated carbocycles. The molecular formula is C7H6INO. The molecule has 0 atom stereocenters. The van der Waals surface area contributed by atoms with Crippen LogP contribution in [-0.4, -0.2) is 0 Å². The molecule has 0 aliphatic rings. The van der Waals surface area contributed by atoms with Crippen molar-refractivity contribution in [2.75, 3.05) is 0 Å². The van der Waals surface area contributed by atoms with Gasteiger partial charge in [-0.3, -0.25) is 0 Å². The highest BCUT2D eigenvalue weighted by Gasteiger charge is 1.89. The summed E-state index contributed by atoms with van der Waals surface area (Å²) >= 11 is 2.22. The molecule has 1 aromatic carbocycles. The molecule has 0 radical (unpaired) electrons. The van der Waals surface area contributed by atoms with Crippen LogP contribution < -0.4 is 0 Å². The van der Waals surface area contributed by atoms with Gasteiger partial charge in [0.15, 0.2) is 0 Å². The number of benzene rings is 1. The maximum absolute atomic E-state index is 9.81. The first kappa shape index (κ1) is 7.65. The normalized spacial score (nSPS) is 9.30. The van der Waals surface area contributed by atoms with Gasteiger partial charge in [-0.15, -0.1) is 0 Å². The predicted octanol–water partition coefficient (Wildman–Crippen LogP) is 2.56. The molecular weight excluding hydrogens is 241 g/mol. The minimum absolute atomic E-state index is 0.275. The first-order valence-electron chi connectivity index (χ1n) is 2.86. The maximum Gasteiger partial charge on any atom is 0.106 e. The Labute approximate surface area is 72.8 Å². The Morgan fingerprint density at radius 1 is 1.30 bits per heavy atom. The Balaban J connectivity index is 2.78. The molecule has 0 spiro atoms. The molecule has 52 valence electrons. The van der Waals surface area contributed by atoms with E-state index in [1.54, 1.807) is 0 Å². The monoisotopic (exact) mass is 247 g/mol. The van der Waals surface area contributed by atoms with Crippen LogP contribution >= 0.6 is 22.6 Å². The molecule has 0 aromatic heterocycles. The number of hydrogen-bond acceptors (Lipinski definition) is 2. The third-order valence-electron chi connectivity index (χ3n) is 1.16. The molecule has 1 aromatic rings. The van der Waals surface area contributed by atoms with E-state index in [1.165, 1.54) is 3.57 Å². The van der Waals surface area contributed by atoms with Gasteiger partial charge in [0.2, 0.25) is 0 Å². The summed E-state index contributed by atoms with van der Waals surface area (Å²) in [7, 11) is 0. The van der Waals surface area contributed by atoms with Crippen LogP contribution in [0.4, 0.5) is 0 Å². The van der Waals surface area contributed by atoms with E-state index in [1.807, 2.05) is 24.3 Å². The fourth-order valence-electron chi connectivity index (χ4n) is 0.664. The van der Waals surface area contributed by atoms with Crippen molar-refractivity contribution in [3.63, 3.8) is 0 Å². The zero-order valence-electron chi connectivity index (χ0n) is 5.25. The van der Waals surface area contributed by atoms with Gasteiger partial charge in [0, 0.05) is 3.57 Å². The van der Waals surface area contributed by atoms with Gasteiger partial charge in [-0.05, 0) is 40.3 Å². The summed E-state index contributed by atoms with van der Waals surface area (Å²) < 4.78 is 1.17. The lowest BCUT2D eigenvalue weighted by molar-refractivity contribution is 1.05. The summed E-state index contributed by atoms with van der Waals surface area (Å²) in [6.07, 6.45) is 0. The van der Waals surface area contributed by atoms with E-state index < -0.39 is 0 Å². The van der Waals surface area contributed by atoms with Crippen molar-refractivity contribution in [1.29, 1.82) is 0 Å². The van der Waals surface area contributed by atoms with Gasteiger partial charge < -0.3 is 0 Å². The van der Waals surface area contributed by atoms with E-state index in [4.69, 9.17) is 0 Å². The largest absolute Gasteiger partial charge is 0.150 e. The van der Waals surface area contributed by atoms with Crippen LogP contribution in [-0.2, 0) is 6.54 Å². The van der Waals surface area contributed by atoms with Gasteiger partial charge in [0.05, 0.1) is 0 Å². The van der Waals surface area contributed by atoms with Gasteiger partial charge >= 0.3 is 0 Å².